The van der Waals surface area contributed by atoms with E-state index in [9.17, 15) is 32.0 Å². The zero-order valence-electron chi connectivity index (χ0n) is 29.8. The molecule has 16 heteroatoms. The number of benzene rings is 1. The van der Waals surface area contributed by atoms with Crippen molar-refractivity contribution in [1.82, 2.24) is 25.2 Å². The van der Waals surface area contributed by atoms with Gasteiger partial charge in [-0.05, 0) is 75.0 Å². The number of likely N-dealkylation sites (tertiary alicyclic amines) is 1. The molecule has 6 rings (SSSR count). The molecule has 1 unspecified atom stereocenters. The van der Waals surface area contributed by atoms with E-state index in [4.69, 9.17) is 14.5 Å². The third-order valence-electron chi connectivity index (χ3n) is 10.4. The van der Waals surface area contributed by atoms with Crippen molar-refractivity contribution in [2.45, 2.75) is 107 Å². The number of rotatable bonds is 12. The molecular weight excluding hydrogens is 714 g/mol. The van der Waals surface area contributed by atoms with Crippen LogP contribution in [0.3, 0.4) is 0 Å². The van der Waals surface area contributed by atoms with Gasteiger partial charge in [-0.25, -0.2) is 22.6 Å². The molecule has 1 aliphatic heterocycles. The lowest BCUT2D eigenvalue weighted by Crippen LogP contribution is -2.60. The number of nitrogens with one attached hydrogen (secondary N) is 3. The number of thiazole rings is 1. The number of carbonyl (C=O) groups excluding carboxylic acids is 4. The summed E-state index contributed by atoms with van der Waals surface area (Å²) in [6.07, 6.45) is 5.11. The van der Waals surface area contributed by atoms with Gasteiger partial charge in [0.15, 0.2) is 0 Å². The molecule has 282 valence electrons. The average molecular weight is 760 g/mol. The zero-order valence-corrected chi connectivity index (χ0v) is 31.4. The maximum absolute atomic E-state index is 14.5. The first kappa shape index (κ1) is 37.7. The van der Waals surface area contributed by atoms with Gasteiger partial charge in [-0.2, -0.15) is 0 Å². The first-order chi connectivity index (χ1) is 24.6. The van der Waals surface area contributed by atoms with Crippen LogP contribution >= 0.6 is 11.3 Å². The summed E-state index contributed by atoms with van der Waals surface area (Å²) < 4.78 is 52.8. The predicted molar refractivity (Wildman–Crippen MR) is 191 cm³/mol. The Morgan fingerprint density at radius 2 is 1.87 bits per heavy atom. The van der Waals surface area contributed by atoms with E-state index in [1.54, 1.807) is 26.2 Å². The molecule has 1 saturated heterocycles. The summed E-state index contributed by atoms with van der Waals surface area (Å²) in [5.74, 6) is -3.03. The molecule has 0 bridgehead atoms. The largest absolute Gasteiger partial charge is 0.496 e. The van der Waals surface area contributed by atoms with Gasteiger partial charge in [0.1, 0.15) is 40.3 Å². The molecule has 2 heterocycles. The highest BCUT2D eigenvalue weighted by molar-refractivity contribution is 7.91. The second kappa shape index (κ2) is 14.4. The van der Waals surface area contributed by atoms with Crippen LogP contribution in [0.15, 0.2) is 36.2 Å². The Morgan fingerprint density at radius 1 is 1.15 bits per heavy atom. The van der Waals surface area contributed by atoms with Gasteiger partial charge < -0.3 is 25.0 Å². The van der Waals surface area contributed by atoms with Gasteiger partial charge in [-0.1, -0.05) is 26.8 Å². The standard InChI is InChI=1S/C36H46FN5O8S2/c1-6-21-17-36(21,33(45)41-52(47,48)24-12-13-24)40-30(43)27-15-20(26-19-51-31(38-26)25-16-22(37)11-14-28(25)49-5)18-42(27)32(44)29(35(2,3)4)39-34(46)50-23-9-7-8-10-23/h6,11,14,16,19-21,23-24,27,29H,1,7-10,12-13,15,17-18H2,2-5H3,(H,39,46)(H,40,43)(H,41,45)/t20-,21-,27+,29?,36-/m1/s1. The van der Waals surface area contributed by atoms with Crippen LogP contribution in [-0.4, -0.2) is 84.7 Å². The molecule has 4 amide bonds. The number of methoxy groups -OCH3 is 1. The van der Waals surface area contributed by atoms with Gasteiger partial charge in [0.25, 0.3) is 5.91 Å². The number of halogens is 1. The Labute approximate surface area is 307 Å². The van der Waals surface area contributed by atoms with Gasteiger partial charge in [-0.15, -0.1) is 17.9 Å². The van der Waals surface area contributed by atoms with Gasteiger partial charge in [0, 0.05) is 23.8 Å². The highest BCUT2D eigenvalue weighted by atomic mass is 32.2. The molecule has 3 saturated carbocycles. The lowest BCUT2D eigenvalue weighted by Gasteiger charge is -2.35. The fourth-order valence-corrected chi connectivity index (χ4v) is 9.42. The third kappa shape index (κ3) is 7.82. The highest BCUT2D eigenvalue weighted by Gasteiger charge is 2.62. The second-order valence-corrected chi connectivity index (χ2v) is 18.1. The highest BCUT2D eigenvalue weighted by Crippen LogP contribution is 2.46. The molecule has 13 nitrogen and oxygen atoms in total. The van der Waals surface area contributed by atoms with E-state index in [1.807, 2.05) is 0 Å². The van der Waals surface area contributed by atoms with Crippen molar-refractivity contribution >= 4 is 45.2 Å². The van der Waals surface area contributed by atoms with Crippen molar-refractivity contribution in [3.63, 3.8) is 0 Å². The van der Waals surface area contributed by atoms with E-state index >= 15 is 0 Å². The van der Waals surface area contributed by atoms with Gasteiger partial charge >= 0.3 is 6.09 Å². The molecule has 0 spiro atoms. The summed E-state index contributed by atoms with van der Waals surface area (Å²) in [5.41, 5.74) is -1.33. The Bertz CT molecular complexity index is 1850. The number of nitrogens with zero attached hydrogens (tertiary/aromatic N) is 2. The summed E-state index contributed by atoms with van der Waals surface area (Å²) in [4.78, 5) is 61.5. The quantitative estimate of drug-likeness (QED) is 0.265. The Morgan fingerprint density at radius 3 is 2.48 bits per heavy atom. The summed E-state index contributed by atoms with van der Waals surface area (Å²) in [5, 5.41) is 7.19. The summed E-state index contributed by atoms with van der Waals surface area (Å²) in [7, 11) is -2.43. The molecule has 1 aromatic carbocycles. The Kier molecular flexibility index (Phi) is 10.4. The molecule has 4 fully saturated rings. The lowest BCUT2D eigenvalue weighted by atomic mass is 9.85. The van der Waals surface area contributed by atoms with Crippen molar-refractivity contribution < 1.29 is 41.5 Å². The maximum Gasteiger partial charge on any atom is 0.408 e. The fourth-order valence-electron chi connectivity index (χ4n) is 7.13. The van der Waals surface area contributed by atoms with Crippen molar-refractivity contribution in [1.29, 1.82) is 0 Å². The van der Waals surface area contributed by atoms with Crippen molar-refractivity contribution in [2.75, 3.05) is 13.7 Å². The number of amides is 4. The molecular formula is C36H46FN5O8S2. The number of hydrogen-bond donors (Lipinski definition) is 3. The molecule has 0 radical (unpaired) electrons. The first-order valence-electron chi connectivity index (χ1n) is 17.6. The zero-order chi connectivity index (χ0) is 37.6. The van der Waals surface area contributed by atoms with Crippen LogP contribution in [0.5, 0.6) is 5.75 Å². The van der Waals surface area contributed by atoms with Crippen LogP contribution in [0.4, 0.5) is 9.18 Å². The molecule has 2 aromatic rings. The molecule has 4 aliphatic rings. The number of aromatic nitrogens is 1. The molecule has 1 aromatic heterocycles. The minimum atomic E-state index is -3.90. The third-order valence-corrected chi connectivity index (χ3v) is 13.1. The van der Waals surface area contributed by atoms with Crippen LogP contribution in [0.1, 0.15) is 83.7 Å². The van der Waals surface area contributed by atoms with Crippen LogP contribution < -0.4 is 20.1 Å². The second-order valence-electron chi connectivity index (χ2n) is 15.3. The topological polar surface area (TPSA) is 173 Å². The van der Waals surface area contributed by atoms with Gasteiger partial charge in [0.2, 0.25) is 21.8 Å². The van der Waals surface area contributed by atoms with Crippen LogP contribution in [-0.2, 0) is 29.1 Å². The average Bonchev–Trinajstić information content (AvgIpc) is 3.85. The Balaban J connectivity index is 1.28. The summed E-state index contributed by atoms with van der Waals surface area (Å²) in [6, 6.07) is 1.93. The van der Waals surface area contributed by atoms with Gasteiger partial charge in [0.05, 0.1) is 23.6 Å². The predicted octanol–water partition coefficient (Wildman–Crippen LogP) is 4.40. The lowest BCUT2D eigenvalue weighted by molar-refractivity contribution is -0.142. The molecule has 3 aliphatic carbocycles. The van der Waals surface area contributed by atoms with Crippen LogP contribution in [0, 0.1) is 17.2 Å². The van der Waals surface area contributed by atoms with E-state index in [2.05, 4.69) is 21.9 Å². The van der Waals surface area contributed by atoms with E-state index in [1.165, 1.54) is 47.6 Å². The SMILES string of the molecule is C=C[C@@H]1C[C@]1(NC(=O)[C@@H]1C[C@@H](c2csc(-c3cc(F)ccc3OC)n2)CN1C(=O)C(NC(=O)OC1CCCC1)C(C)(C)C)C(=O)NS(=O)(=O)C1CC1. The first-order valence-corrected chi connectivity index (χ1v) is 20.1. The number of hydrogen-bond acceptors (Lipinski definition) is 10. The van der Waals surface area contributed by atoms with Crippen molar-refractivity contribution in [3.05, 3.63) is 47.7 Å². The van der Waals surface area contributed by atoms with E-state index in [-0.39, 0.29) is 25.5 Å². The van der Waals surface area contributed by atoms with Crippen molar-refractivity contribution in [3.8, 4) is 16.3 Å². The minimum Gasteiger partial charge on any atom is -0.496 e. The van der Waals surface area contributed by atoms with Crippen LogP contribution in [0.2, 0.25) is 0 Å². The maximum atomic E-state index is 14.5. The monoisotopic (exact) mass is 759 g/mol. The number of alkyl carbamates (subject to hydrolysis) is 1. The van der Waals surface area contributed by atoms with E-state index < -0.39 is 79.8 Å². The molecule has 5 atom stereocenters. The normalized spacial score (nSPS) is 25.2. The van der Waals surface area contributed by atoms with E-state index in [0.717, 1.165) is 25.7 Å². The number of carbonyl (C=O) groups is 4. The molecule has 52 heavy (non-hydrogen) atoms. The summed E-state index contributed by atoms with van der Waals surface area (Å²) in [6.45, 7) is 9.21. The van der Waals surface area contributed by atoms with E-state index in [0.29, 0.717) is 34.9 Å². The number of ether oxygens (including phenoxy) is 2. The smallest absolute Gasteiger partial charge is 0.408 e. The van der Waals surface area contributed by atoms with Crippen molar-refractivity contribution in [2.24, 2.45) is 11.3 Å². The summed E-state index contributed by atoms with van der Waals surface area (Å²) >= 11 is 1.26. The number of sulfonamides is 1. The Hall–Kier alpha value is -4.05. The van der Waals surface area contributed by atoms with Crippen LogP contribution in [0.25, 0.3) is 10.6 Å². The minimum absolute atomic E-state index is 0.0481. The fraction of sp³-hybridized carbons (Fsp3) is 0.583. The molecule has 3 N–H and O–H groups in total. The van der Waals surface area contributed by atoms with Gasteiger partial charge in [-0.3, -0.25) is 19.1 Å².